The highest BCUT2D eigenvalue weighted by Crippen LogP contribution is 2.27. The van der Waals surface area contributed by atoms with E-state index in [0.717, 1.165) is 22.5 Å². The minimum atomic E-state index is -0.196. The zero-order valence-corrected chi connectivity index (χ0v) is 13.1. The van der Waals surface area contributed by atoms with Crippen LogP contribution in [0.15, 0.2) is 48.0 Å². The first-order valence-electron chi connectivity index (χ1n) is 6.89. The maximum Gasteiger partial charge on any atom is 0.259 e. The molecule has 4 nitrogen and oxygen atoms in total. The van der Waals surface area contributed by atoms with Gasteiger partial charge in [0.2, 0.25) is 0 Å². The first-order valence-corrected chi connectivity index (χ1v) is 7.77. The molecule has 0 atom stereocenters. The number of rotatable bonds is 3. The molecule has 1 aromatic carbocycles. The molecule has 0 saturated carbocycles. The number of carbonyl (C=O) groups is 1. The van der Waals surface area contributed by atoms with E-state index in [1.54, 1.807) is 12.3 Å². The van der Waals surface area contributed by atoms with Crippen LogP contribution in [0.25, 0.3) is 11.3 Å². The number of amides is 1. The summed E-state index contributed by atoms with van der Waals surface area (Å²) in [6.07, 6.45) is 1.57. The van der Waals surface area contributed by atoms with E-state index in [1.807, 2.05) is 49.6 Å². The Morgan fingerprint density at radius 3 is 2.68 bits per heavy atom. The largest absolute Gasteiger partial charge is 0.298 e. The molecule has 0 unspecified atom stereocenters. The molecule has 1 N–H and O–H groups in total. The molecule has 1 amide bonds. The highest BCUT2D eigenvalue weighted by Gasteiger charge is 2.11. The van der Waals surface area contributed by atoms with Gasteiger partial charge in [0.05, 0.1) is 11.3 Å². The topological polar surface area (TPSA) is 54.9 Å². The van der Waals surface area contributed by atoms with Crippen molar-refractivity contribution in [1.29, 1.82) is 0 Å². The fourth-order valence-electron chi connectivity index (χ4n) is 2.09. The van der Waals surface area contributed by atoms with Crippen LogP contribution in [0.4, 0.5) is 5.13 Å². The van der Waals surface area contributed by atoms with Crippen LogP contribution in [0.3, 0.4) is 0 Å². The van der Waals surface area contributed by atoms with Gasteiger partial charge in [0.15, 0.2) is 5.13 Å². The average molecular weight is 309 g/mol. The summed E-state index contributed by atoms with van der Waals surface area (Å²) in [4.78, 5) is 20.8. The standard InChI is InChI=1S/C17H15N3OS/c1-11-5-3-4-6-14(11)15-10-22-17(19-15)20-16(21)13-8-7-12(2)18-9-13/h3-10H,1-2H3,(H,19,20,21). The summed E-state index contributed by atoms with van der Waals surface area (Å²) in [5.41, 5.74) is 4.52. The van der Waals surface area contributed by atoms with E-state index in [2.05, 4.69) is 15.3 Å². The summed E-state index contributed by atoms with van der Waals surface area (Å²) in [5, 5.41) is 5.35. The summed E-state index contributed by atoms with van der Waals surface area (Å²) in [6, 6.07) is 11.6. The van der Waals surface area contributed by atoms with Crippen molar-refractivity contribution in [3.05, 3.63) is 64.8 Å². The molecule has 3 aromatic rings. The van der Waals surface area contributed by atoms with E-state index in [-0.39, 0.29) is 5.91 Å². The van der Waals surface area contributed by atoms with Gasteiger partial charge < -0.3 is 0 Å². The number of aromatic nitrogens is 2. The Labute approximate surface area is 132 Å². The van der Waals surface area contributed by atoms with Crippen LogP contribution in [-0.4, -0.2) is 15.9 Å². The van der Waals surface area contributed by atoms with Crippen LogP contribution in [0.1, 0.15) is 21.6 Å². The van der Waals surface area contributed by atoms with E-state index in [0.29, 0.717) is 10.7 Å². The van der Waals surface area contributed by atoms with Gasteiger partial charge in [0, 0.05) is 22.8 Å². The highest BCUT2D eigenvalue weighted by atomic mass is 32.1. The van der Waals surface area contributed by atoms with Crippen molar-refractivity contribution in [2.24, 2.45) is 0 Å². The minimum Gasteiger partial charge on any atom is -0.298 e. The molecule has 0 saturated heterocycles. The van der Waals surface area contributed by atoms with Crippen LogP contribution < -0.4 is 5.32 Å². The van der Waals surface area contributed by atoms with Gasteiger partial charge in [-0.1, -0.05) is 24.3 Å². The predicted molar refractivity (Wildman–Crippen MR) is 89.2 cm³/mol. The van der Waals surface area contributed by atoms with Crippen molar-refractivity contribution in [3.8, 4) is 11.3 Å². The predicted octanol–water partition coefficient (Wildman–Crippen LogP) is 4.07. The summed E-state index contributed by atoms with van der Waals surface area (Å²) in [5.74, 6) is -0.196. The van der Waals surface area contributed by atoms with Gasteiger partial charge in [0.1, 0.15) is 0 Å². The quantitative estimate of drug-likeness (QED) is 0.793. The van der Waals surface area contributed by atoms with Gasteiger partial charge in [-0.15, -0.1) is 11.3 Å². The SMILES string of the molecule is Cc1ccc(C(=O)Nc2nc(-c3ccccc3C)cs2)cn1. The van der Waals surface area contributed by atoms with E-state index >= 15 is 0 Å². The first kappa shape index (κ1) is 14.4. The van der Waals surface area contributed by atoms with Crippen molar-refractivity contribution >= 4 is 22.4 Å². The summed E-state index contributed by atoms with van der Waals surface area (Å²) in [6.45, 7) is 3.93. The number of hydrogen-bond acceptors (Lipinski definition) is 4. The smallest absolute Gasteiger partial charge is 0.259 e. The molecule has 3 rings (SSSR count). The van der Waals surface area contributed by atoms with Crippen molar-refractivity contribution in [1.82, 2.24) is 9.97 Å². The molecule has 0 bridgehead atoms. The lowest BCUT2D eigenvalue weighted by Gasteiger charge is -2.02. The Hall–Kier alpha value is -2.53. The number of hydrogen-bond donors (Lipinski definition) is 1. The Balaban J connectivity index is 1.78. The second-order valence-electron chi connectivity index (χ2n) is 5.00. The Kier molecular flexibility index (Phi) is 3.98. The minimum absolute atomic E-state index is 0.196. The third-order valence-electron chi connectivity index (χ3n) is 3.32. The maximum atomic E-state index is 12.2. The number of aryl methyl sites for hydroxylation is 2. The number of thiazole rings is 1. The van der Waals surface area contributed by atoms with Crippen LogP contribution in [-0.2, 0) is 0 Å². The molecule has 0 aliphatic carbocycles. The fourth-order valence-corrected chi connectivity index (χ4v) is 2.79. The van der Waals surface area contributed by atoms with Crippen molar-refractivity contribution < 1.29 is 4.79 Å². The number of carbonyl (C=O) groups excluding carboxylic acids is 1. The number of nitrogens with one attached hydrogen (secondary N) is 1. The first-order chi connectivity index (χ1) is 10.6. The second-order valence-corrected chi connectivity index (χ2v) is 5.85. The summed E-state index contributed by atoms with van der Waals surface area (Å²) < 4.78 is 0. The molecule has 0 radical (unpaired) electrons. The lowest BCUT2D eigenvalue weighted by molar-refractivity contribution is 0.102. The van der Waals surface area contributed by atoms with Gasteiger partial charge in [-0.3, -0.25) is 15.1 Å². The summed E-state index contributed by atoms with van der Waals surface area (Å²) >= 11 is 1.42. The zero-order valence-electron chi connectivity index (χ0n) is 12.3. The molecule has 110 valence electrons. The zero-order chi connectivity index (χ0) is 15.5. The second kappa shape index (κ2) is 6.07. The van der Waals surface area contributed by atoms with Crippen LogP contribution in [0.2, 0.25) is 0 Å². The third-order valence-corrected chi connectivity index (χ3v) is 4.08. The highest BCUT2D eigenvalue weighted by molar-refractivity contribution is 7.14. The van der Waals surface area contributed by atoms with E-state index in [1.165, 1.54) is 11.3 Å². The van der Waals surface area contributed by atoms with Gasteiger partial charge in [-0.05, 0) is 31.5 Å². The molecule has 0 aliphatic rings. The van der Waals surface area contributed by atoms with Crippen LogP contribution >= 0.6 is 11.3 Å². The van der Waals surface area contributed by atoms with Crippen molar-refractivity contribution in [3.63, 3.8) is 0 Å². The molecule has 0 spiro atoms. The average Bonchev–Trinajstić information content (AvgIpc) is 2.96. The molecule has 5 heteroatoms. The van der Waals surface area contributed by atoms with E-state index < -0.39 is 0 Å². The van der Waals surface area contributed by atoms with Crippen LogP contribution in [0.5, 0.6) is 0 Å². The number of pyridine rings is 1. The maximum absolute atomic E-state index is 12.2. The molecule has 2 heterocycles. The molecule has 0 fully saturated rings. The fraction of sp³-hybridized carbons (Fsp3) is 0.118. The molecular formula is C17H15N3OS. The monoisotopic (exact) mass is 309 g/mol. The van der Waals surface area contributed by atoms with Crippen LogP contribution in [0, 0.1) is 13.8 Å². The van der Waals surface area contributed by atoms with Gasteiger partial charge >= 0.3 is 0 Å². The molecule has 2 aromatic heterocycles. The Morgan fingerprint density at radius 1 is 1.14 bits per heavy atom. The number of benzene rings is 1. The number of anilines is 1. The molecule has 0 aliphatic heterocycles. The normalized spacial score (nSPS) is 10.5. The van der Waals surface area contributed by atoms with E-state index in [9.17, 15) is 4.79 Å². The third kappa shape index (κ3) is 3.04. The van der Waals surface area contributed by atoms with E-state index in [4.69, 9.17) is 0 Å². The van der Waals surface area contributed by atoms with Gasteiger partial charge in [-0.25, -0.2) is 4.98 Å². The summed E-state index contributed by atoms with van der Waals surface area (Å²) in [7, 11) is 0. The molecule has 22 heavy (non-hydrogen) atoms. The van der Waals surface area contributed by atoms with Gasteiger partial charge in [0.25, 0.3) is 5.91 Å². The van der Waals surface area contributed by atoms with Gasteiger partial charge in [-0.2, -0.15) is 0 Å². The number of nitrogens with zero attached hydrogens (tertiary/aromatic N) is 2. The molecular weight excluding hydrogens is 294 g/mol. The lowest BCUT2D eigenvalue weighted by atomic mass is 10.1. The Morgan fingerprint density at radius 2 is 1.95 bits per heavy atom. The van der Waals surface area contributed by atoms with Crippen molar-refractivity contribution in [2.45, 2.75) is 13.8 Å². The Bertz CT molecular complexity index is 809. The van der Waals surface area contributed by atoms with Crippen molar-refractivity contribution in [2.75, 3.05) is 5.32 Å². The lowest BCUT2D eigenvalue weighted by Crippen LogP contribution is -2.12.